The second-order valence-corrected chi connectivity index (χ2v) is 11.1. The zero-order valence-electron chi connectivity index (χ0n) is 21.5. The van der Waals surface area contributed by atoms with Gasteiger partial charge in [0.15, 0.2) is 5.78 Å². The third kappa shape index (κ3) is 6.43. The molecule has 1 aliphatic carbocycles. The Morgan fingerprint density at radius 3 is 2.50 bits per heavy atom. The van der Waals surface area contributed by atoms with Gasteiger partial charge in [0.2, 0.25) is 5.91 Å². The van der Waals surface area contributed by atoms with Crippen molar-refractivity contribution < 1.29 is 14.4 Å². The van der Waals surface area contributed by atoms with Crippen molar-refractivity contribution >= 4 is 50.8 Å². The molecule has 7 nitrogen and oxygen atoms in total. The van der Waals surface area contributed by atoms with Crippen LogP contribution in [0.1, 0.15) is 42.6 Å². The fourth-order valence-electron chi connectivity index (χ4n) is 4.92. The van der Waals surface area contributed by atoms with Crippen LogP contribution in [-0.4, -0.2) is 47.7 Å². The molecule has 38 heavy (non-hydrogen) atoms. The first-order chi connectivity index (χ1) is 18.2. The maximum atomic E-state index is 13.8. The molecule has 0 bridgehead atoms. The molecule has 1 fully saturated rings. The van der Waals surface area contributed by atoms with E-state index in [1.165, 1.54) is 0 Å². The van der Waals surface area contributed by atoms with Crippen LogP contribution in [0.15, 0.2) is 70.2 Å². The molecule has 0 radical (unpaired) electrons. The molecular weight excluding hydrogens is 568 g/mol. The number of rotatable bonds is 8. The van der Waals surface area contributed by atoms with E-state index in [0.29, 0.717) is 16.8 Å². The monoisotopic (exact) mass is 598 g/mol. The lowest BCUT2D eigenvalue weighted by Gasteiger charge is -2.28. The highest BCUT2D eigenvalue weighted by Gasteiger charge is 2.36. The minimum atomic E-state index is -0.909. The van der Waals surface area contributed by atoms with E-state index in [9.17, 15) is 14.4 Å². The van der Waals surface area contributed by atoms with Crippen molar-refractivity contribution in [1.82, 2.24) is 10.2 Å². The van der Waals surface area contributed by atoms with E-state index in [1.54, 1.807) is 49.4 Å². The van der Waals surface area contributed by atoms with Crippen molar-refractivity contribution in [3.63, 3.8) is 0 Å². The summed E-state index contributed by atoms with van der Waals surface area (Å²) in [6.07, 6.45) is 5.71. The summed E-state index contributed by atoms with van der Waals surface area (Å²) < 4.78 is 0.887. The molecular formula is C29H32BrClN4O3. The van der Waals surface area contributed by atoms with Gasteiger partial charge in [-0.15, -0.1) is 0 Å². The van der Waals surface area contributed by atoms with E-state index < -0.39 is 17.9 Å². The summed E-state index contributed by atoms with van der Waals surface area (Å²) in [7, 11) is 0. The molecule has 4 N–H and O–H groups in total. The van der Waals surface area contributed by atoms with Crippen molar-refractivity contribution in [2.45, 2.75) is 45.3 Å². The van der Waals surface area contributed by atoms with Gasteiger partial charge in [-0.05, 0) is 87.3 Å². The van der Waals surface area contributed by atoms with E-state index in [0.717, 1.165) is 36.0 Å². The zero-order chi connectivity index (χ0) is 27.4. The Hall–Kier alpha value is -2.78. The van der Waals surface area contributed by atoms with Gasteiger partial charge < -0.3 is 16.4 Å². The van der Waals surface area contributed by atoms with Crippen molar-refractivity contribution in [2.24, 2.45) is 11.7 Å². The van der Waals surface area contributed by atoms with Gasteiger partial charge in [-0.2, -0.15) is 0 Å². The van der Waals surface area contributed by atoms with Crippen molar-refractivity contribution in [2.75, 3.05) is 18.4 Å². The number of ketones is 1. The van der Waals surface area contributed by atoms with Gasteiger partial charge in [0.05, 0.1) is 17.0 Å². The minimum absolute atomic E-state index is 0.0559. The summed E-state index contributed by atoms with van der Waals surface area (Å²) >= 11 is 9.85. The minimum Gasteiger partial charge on any atom is -0.351 e. The van der Waals surface area contributed by atoms with Crippen LogP contribution in [0.4, 0.5) is 5.69 Å². The average Bonchev–Trinajstić information content (AvgIpc) is 3.44. The lowest BCUT2D eigenvalue weighted by molar-refractivity contribution is -0.125. The molecule has 200 valence electrons. The van der Waals surface area contributed by atoms with E-state index in [4.69, 9.17) is 17.3 Å². The normalized spacial score (nSPS) is 20.3. The largest absolute Gasteiger partial charge is 0.351 e. The molecule has 1 saturated heterocycles. The van der Waals surface area contributed by atoms with Crippen LogP contribution in [0.3, 0.4) is 0 Å². The molecule has 2 amide bonds. The third-order valence-corrected chi connectivity index (χ3v) is 8.01. The number of nitrogens with one attached hydrogen (secondary N) is 2. The standard InChI is InChI=1S/C29H32BrClN4O3/c1-17-5-12-24(32)26(25(17)29(38)34-21-9-7-20(30)8-10-21)27(36)22-15-19(6-11-23(22)31)16-33-28(37)18(2)35-13-3-4-14-35/h5-12,15,18,24,26H,3-4,13-14,16,32H2,1-2H3,(H,33,37)(H,34,38). The predicted octanol–water partition coefficient (Wildman–Crippen LogP) is 4.85. The second kappa shape index (κ2) is 12.4. The Labute approximate surface area is 236 Å². The second-order valence-electron chi connectivity index (χ2n) is 9.79. The van der Waals surface area contributed by atoms with E-state index >= 15 is 0 Å². The zero-order valence-corrected chi connectivity index (χ0v) is 23.8. The fourth-order valence-corrected chi connectivity index (χ4v) is 5.40. The van der Waals surface area contributed by atoms with E-state index in [1.807, 2.05) is 19.1 Å². The van der Waals surface area contributed by atoms with E-state index in [2.05, 4.69) is 31.5 Å². The SMILES string of the molecule is CC1=C(C(=O)Nc2ccc(Br)cc2)C(C(=O)c2cc(CNC(=O)C(C)N3CCCC3)ccc2Cl)C(N)C=C1. The quantitative estimate of drug-likeness (QED) is 0.376. The van der Waals surface area contributed by atoms with Crippen LogP contribution in [0.5, 0.6) is 0 Å². The number of allylic oxidation sites excluding steroid dienone is 2. The molecule has 1 aliphatic heterocycles. The number of hydrogen-bond acceptors (Lipinski definition) is 5. The van der Waals surface area contributed by atoms with Gasteiger partial charge in [-0.25, -0.2) is 0 Å². The number of amides is 2. The fraction of sp³-hybridized carbons (Fsp3) is 0.345. The lowest BCUT2D eigenvalue weighted by atomic mass is 9.78. The van der Waals surface area contributed by atoms with Crippen molar-refractivity contribution in [3.8, 4) is 0 Å². The van der Waals surface area contributed by atoms with Gasteiger partial charge in [-0.3, -0.25) is 19.3 Å². The number of hydrogen-bond donors (Lipinski definition) is 3. The summed E-state index contributed by atoms with van der Waals surface area (Å²) in [4.78, 5) is 42.0. The Balaban J connectivity index is 1.53. The highest BCUT2D eigenvalue weighted by Crippen LogP contribution is 2.32. The topological polar surface area (TPSA) is 105 Å². The maximum Gasteiger partial charge on any atom is 0.252 e. The number of nitrogens with two attached hydrogens (primary N) is 1. The molecule has 0 saturated carbocycles. The number of halogens is 2. The Morgan fingerprint density at radius 1 is 1.13 bits per heavy atom. The average molecular weight is 600 g/mol. The van der Waals surface area contributed by atoms with Crippen molar-refractivity contribution in [3.05, 3.63) is 86.4 Å². The first kappa shape index (κ1) is 28.2. The molecule has 2 aliphatic rings. The summed E-state index contributed by atoms with van der Waals surface area (Å²) in [5.74, 6) is -1.70. The molecule has 4 rings (SSSR count). The number of Topliss-reactive ketones (excluding diaryl/α,β-unsaturated/α-hetero) is 1. The highest BCUT2D eigenvalue weighted by molar-refractivity contribution is 9.10. The van der Waals surface area contributed by atoms with Crippen molar-refractivity contribution in [1.29, 1.82) is 0 Å². The Kier molecular flexibility index (Phi) is 9.20. The number of benzene rings is 2. The summed E-state index contributed by atoms with van der Waals surface area (Å²) in [6.45, 7) is 5.81. The first-order valence-electron chi connectivity index (χ1n) is 12.7. The van der Waals surface area contributed by atoms with Crippen LogP contribution >= 0.6 is 27.5 Å². The van der Waals surface area contributed by atoms with Crippen LogP contribution in [-0.2, 0) is 16.1 Å². The van der Waals surface area contributed by atoms with Crippen LogP contribution in [0, 0.1) is 5.92 Å². The Morgan fingerprint density at radius 2 is 1.82 bits per heavy atom. The first-order valence-corrected chi connectivity index (χ1v) is 13.9. The molecule has 2 aromatic rings. The van der Waals surface area contributed by atoms with Crippen LogP contribution in [0.2, 0.25) is 5.02 Å². The summed E-state index contributed by atoms with van der Waals surface area (Å²) in [6, 6.07) is 11.4. The molecule has 3 atom stereocenters. The predicted molar refractivity (Wildman–Crippen MR) is 154 cm³/mol. The number of nitrogens with zero attached hydrogens (tertiary/aromatic N) is 1. The molecule has 1 heterocycles. The maximum absolute atomic E-state index is 13.8. The highest BCUT2D eigenvalue weighted by atomic mass is 79.9. The van der Waals surface area contributed by atoms with E-state index in [-0.39, 0.29) is 34.9 Å². The molecule has 0 aromatic heterocycles. The number of carbonyl (C=O) groups excluding carboxylic acids is 3. The number of anilines is 1. The molecule has 3 unspecified atom stereocenters. The smallest absolute Gasteiger partial charge is 0.252 e. The van der Waals surface area contributed by atoms with Gasteiger partial charge in [0.1, 0.15) is 0 Å². The summed E-state index contributed by atoms with van der Waals surface area (Å²) in [5, 5.41) is 6.11. The third-order valence-electron chi connectivity index (χ3n) is 7.15. The molecule has 0 spiro atoms. The van der Waals surface area contributed by atoms with Gasteiger partial charge >= 0.3 is 0 Å². The number of likely N-dealkylation sites (tertiary alicyclic amines) is 1. The number of carbonyl (C=O) groups is 3. The summed E-state index contributed by atoms with van der Waals surface area (Å²) in [5.41, 5.74) is 8.95. The van der Waals surface area contributed by atoms with Gasteiger partial charge in [-0.1, -0.05) is 45.7 Å². The molecule has 9 heteroatoms. The van der Waals surface area contributed by atoms with Crippen LogP contribution < -0.4 is 16.4 Å². The Bertz CT molecular complexity index is 1290. The van der Waals surface area contributed by atoms with Crippen LogP contribution in [0.25, 0.3) is 0 Å². The molecule has 2 aromatic carbocycles. The lowest BCUT2D eigenvalue weighted by Crippen LogP contribution is -2.43. The van der Waals surface area contributed by atoms with Gasteiger partial charge in [0.25, 0.3) is 5.91 Å². The van der Waals surface area contributed by atoms with Gasteiger partial charge in [0, 0.05) is 33.9 Å².